The number of ether oxygens (including phenoxy) is 1. The second-order valence-electron chi connectivity index (χ2n) is 4.26. The molecule has 0 aliphatic rings. The van der Waals surface area contributed by atoms with Crippen LogP contribution in [0.15, 0.2) is 0 Å². The maximum absolute atomic E-state index is 11.7. The van der Waals surface area contributed by atoms with Crippen molar-refractivity contribution in [3.05, 3.63) is 0 Å². The van der Waals surface area contributed by atoms with E-state index in [-0.39, 0.29) is 5.91 Å². The Morgan fingerprint density at radius 2 is 2.06 bits per heavy atom. The predicted molar refractivity (Wildman–Crippen MR) is 66.5 cm³/mol. The maximum atomic E-state index is 11.7. The lowest BCUT2D eigenvalue weighted by atomic mass is 10.2. The van der Waals surface area contributed by atoms with Gasteiger partial charge >= 0.3 is 0 Å². The van der Waals surface area contributed by atoms with E-state index in [0.717, 1.165) is 0 Å². The number of rotatable bonds is 8. The van der Waals surface area contributed by atoms with Gasteiger partial charge < -0.3 is 14.5 Å². The Morgan fingerprint density at radius 1 is 1.41 bits per heavy atom. The second-order valence-corrected chi connectivity index (χ2v) is 4.26. The van der Waals surface area contributed by atoms with Gasteiger partial charge in [0.1, 0.15) is 0 Å². The van der Waals surface area contributed by atoms with Crippen LogP contribution in [0.3, 0.4) is 0 Å². The van der Waals surface area contributed by atoms with Gasteiger partial charge in [0.15, 0.2) is 0 Å². The normalized spacial score (nSPS) is 12.2. The Bertz CT molecular complexity index is 263. The summed E-state index contributed by atoms with van der Waals surface area (Å²) in [6, 6.07) is 2.34. The largest absolute Gasteiger partial charge is 0.383 e. The monoisotopic (exact) mass is 241 g/mol. The number of likely N-dealkylation sites (N-methyl/N-ethyl adjacent to an activating group) is 1. The van der Waals surface area contributed by atoms with Gasteiger partial charge in [0.2, 0.25) is 5.91 Å². The number of hydrogen-bond acceptors (Lipinski definition) is 4. The summed E-state index contributed by atoms with van der Waals surface area (Å²) in [7, 11) is 5.38. The zero-order valence-corrected chi connectivity index (χ0v) is 11.3. The van der Waals surface area contributed by atoms with Crippen LogP contribution in [0, 0.1) is 11.3 Å². The van der Waals surface area contributed by atoms with Crippen molar-refractivity contribution in [1.29, 1.82) is 5.26 Å². The average Bonchev–Trinajstić information content (AvgIpc) is 2.32. The van der Waals surface area contributed by atoms with Crippen LogP contribution in [0.2, 0.25) is 0 Å². The summed E-state index contributed by atoms with van der Waals surface area (Å²) >= 11 is 0. The fraction of sp³-hybridized carbons (Fsp3) is 0.833. The number of nitrogens with zero attached hydrogens (tertiary/aromatic N) is 3. The third-order valence-corrected chi connectivity index (χ3v) is 2.82. The summed E-state index contributed by atoms with van der Waals surface area (Å²) in [6.45, 7) is 3.94. The van der Waals surface area contributed by atoms with Gasteiger partial charge in [-0.05, 0) is 14.0 Å². The van der Waals surface area contributed by atoms with Gasteiger partial charge in [-0.25, -0.2) is 0 Å². The highest BCUT2D eigenvalue weighted by Gasteiger charge is 2.12. The van der Waals surface area contributed by atoms with Crippen LogP contribution in [0.1, 0.15) is 19.8 Å². The first-order chi connectivity index (χ1) is 8.02. The molecule has 0 rings (SSSR count). The highest BCUT2D eigenvalue weighted by molar-refractivity contribution is 5.76. The molecule has 1 amide bonds. The van der Waals surface area contributed by atoms with E-state index >= 15 is 0 Å². The van der Waals surface area contributed by atoms with Crippen LogP contribution in [0.25, 0.3) is 0 Å². The minimum atomic E-state index is 0.0803. The maximum Gasteiger partial charge on any atom is 0.223 e. The lowest BCUT2D eigenvalue weighted by molar-refractivity contribution is -0.130. The topological polar surface area (TPSA) is 56.6 Å². The number of carbonyl (C=O) groups excluding carboxylic acids is 1. The van der Waals surface area contributed by atoms with Gasteiger partial charge in [0, 0.05) is 39.7 Å². The van der Waals surface area contributed by atoms with Crippen molar-refractivity contribution in [3.8, 4) is 6.07 Å². The summed E-state index contributed by atoms with van der Waals surface area (Å²) in [4.78, 5) is 15.4. The molecule has 0 aromatic carbocycles. The molecule has 0 saturated heterocycles. The van der Waals surface area contributed by atoms with E-state index in [1.165, 1.54) is 0 Å². The van der Waals surface area contributed by atoms with Crippen LogP contribution in [0.4, 0.5) is 0 Å². The molecule has 5 nitrogen and oxygen atoms in total. The summed E-state index contributed by atoms with van der Waals surface area (Å²) < 4.78 is 5.06. The molecule has 0 N–H and O–H groups in total. The fourth-order valence-corrected chi connectivity index (χ4v) is 1.39. The van der Waals surface area contributed by atoms with Gasteiger partial charge in [0.25, 0.3) is 0 Å². The van der Waals surface area contributed by atoms with Gasteiger partial charge in [-0.1, -0.05) is 0 Å². The first-order valence-electron chi connectivity index (χ1n) is 5.83. The zero-order valence-electron chi connectivity index (χ0n) is 11.3. The Morgan fingerprint density at radius 3 is 2.59 bits per heavy atom. The van der Waals surface area contributed by atoms with E-state index in [2.05, 4.69) is 11.8 Å². The molecular weight excluding hydrogens is 218 g/mol. The van der Waals surface area contributed by atoms with Gasteiger partial charge in [-0.2, -0.15) is 5.26 Å². The molecule has 0 aromatic rings. The van der Waals surface area contributed by atoms with Crippen molar-refractivity contribution in [1.82, 2.24) is 9.80 Å². The lowest BCUT2D eigenvalue weighted by Gasteiger charge is -2.24. The van der Waals surface area contributed by atoms with E-state index in [0.29, 0.717) is 38.6 Å². The summed E-state index contributed by atoms with van der Waals surface area (Å²) in [5.74, 6) is 0.0803. The SMILES string of the molecule is COCC(C)N(C)CCC(=O)N(C)CCC#N. The molecule has 0 aliphatic carbocycles. The molecule has 0 heterocycles. The highest BCUT2D eigenvalue weighted by Crippen LogP contribution is 2.00. The van der Waals surface area contributed by atoms with Gasteiger partial charge in [-0.3, -0.25) is 4.79 Å². The molecule has 0 aliphatic heterocycles. The van der Waals surface area contributed by atoms with Crippen LogP contribution >= 0.6 is 0 Å². The van der Waals surface area contributed by atoms with Crippen molar-refractivity contribution in [3.63, 3.8) is 0 Å². The van der Waals surface area contributed by atoms with Crippen LogP contribution in [0.5, 0.6) is 0 Å². The third kappa shape index (κ3) is 6.93. The van der Waals surface area contributed by atoms with Crippen molar-refractivity contribution in [2.45, 2.75) is 25.8 Å². The molecule has 0 fully saturated rings. The van der Waals surface area contributed by atoms with Crippen molar-refractivity contribution in [2.24, 2.45) is 0 Å². The molecule has 1 atom stereocenters. The smallest absolute Gasteiger partial charge is 0.223 e. The fourth-order valence-electron chi connectivity index (χ4n) is 1.39. The Balaban J connectivity index is 3.86. The lowest BCUT2D eigenvalue weighted by Crippen LogP contribution is -2.36. The second kappa shape index (κ2) is 8.97. The summed E-state index contributed by atoms with van der Waals surface area (Å²) in [6.07, 6.45) is 0.866. The molecular formula is C12H23N3O2. The standard InChI is InChI=1S/C12H23N3O2/c1-11(10-17-4)14(2)9-6-12(16)15(3)8-5-7-13/h11H,5-6,8-10H2,1-4H3. The Labute approximate surface area is 104 Å². The number of amides is 1. The van der Waals surface area contributed by atoms with E-state index in [1.807, 2.05) is 13.1 Å². The summed E-state index contributed by atoms with van der Waals surface area (Å²) in [5.41, 5.74) is 0. The quantitative estimate of drug-likeness (QED) is 0.628. The van der Waals surface area contributed by atoms with E-state index < -0.39 is 0 Å². The van der Waals surface area contributed by atoms with Crippen LogP contribution < -0.4 is 0 Å². The minimum Gasteiger partial charge on any atom is -0.383 e. The molecule has 1 unspecified atom stereocenters. The number of nitriles is 1. The average molecular weight is 241 g/mol. The summed E-state index contributed by atoms with van der Waals surface area (Å²) in [5, 5.41) is 8.44. The number of hydrogen-bond donors (Lipinski definition) is 0. The van der Waals surface area contributed by atoms with Gasteiger partial charge in [-0.15, -0.1) is 0 Å². The minimum absolute atomic E-state index is 0.0803. The zero-order chi connectivity index (χ0) is 13.3. The van der Waals surface area contributed by atoms with Crippen LogP contribution in [-0.4, -0.2) is 62.7 Å². The number of carbonyl (C=O) groups is 1. The van der Waals surface area contributed by atoms with Crippen molar-refractivity contribution < 1.29 is 9.53 Å². The molecule has 98 valence electrons. The number of methoxy groups -OCH3 is 1. The highest BCUT2D eigenvalue weighted by atomic mass is 16.5. The molecule has 0 spiro atoms. The van der Waals surface area contributed by atoms with Crippen molar-refractivity contribution >= 4 is 5.91 Å². The Kier molecular flexibility index (Phi) is 8.38. The van der Waals surface area contributed by atoms with Gasteiger partial charge in [0.05, 0.1) is 19.1 Å². The predicted octanol–water partition coefficient (Wildman–Crippen LogP) is 0.715. The molecule has 0 bridgehead atoms. The molecule has 0 radical (unpaired) electrons. The molecule has 17 heavy (non-hydrogen) atoms. The first kappa shape index (κ1) is 15.9. The molecule has 0 saturated carbocycles. The third-order valence-electron chi connectivity index (χ3n) is 2.82. The molecule has 5 heteroatoms. The Hall–Kier alpha value is -1.12. The van der Waals surface area contributed by atoms with E-state index in [9.17, 15) is 4.79 Å². The van der Waals surface area contributed by atoms with E-state index in [4.69, 9.17) is 10.00 Å². The molecule has 0 aromatic heterocycles. The first-order valence-corrected chi connectivity index (χ1v) is 5.83. The van der Waals surface area contributed by atoms with E-state index in [1.54, 1.807) is 19.1 Å². The van der Waals surface area contributed by atoms with Crippen LogP contribution in [-0.2, 0) is 9.53 Å². The van der Waals surface area contributed by atoms with Crippen molar-refractivity contribution in [2.75, 3.05) is 40.9 Å².